The van der Waals surface area contributed by atoms with Crippen LogP contribution < -0.4 is 14.1 Å². The fraction of sp³-hybridized carbons (Fsp3) is 0.333. The second kappa shape index (κ2) is 9.02. The molecule has 0 unspecified atom stereocenters. The van der Waals surface area contributed by atoms with Crippen LogP contribution in [0.5, 0.6) is 0 Å². The Morgan fingerprint density at radius 3 is 2.85 bits per heavy atom. The number of halogens is 3. The fourth-order valence-electron chi connectivity index (χ4n) is 4.04. The van der Waals surface area contributed by atoms with E-state index in [1.807, 2.05) is 9.62 Å². The van der Waals surface area contributed by atoms with Crippen LogP contribution in [0.25, 0.3) is 5.52 Å². The largest absolute Gasteiger partial charge is 0.364 e. The van der Waals surface area contributed by atoms with E-state index in [4.69, 9.17) is 0 Å². The summed E-state index contributed by atoms with van der Waals surface area (Å²) in [4.78, 5) is 14.6. The monoisotopic (exact) mass is 482 g/mol. The molecule has 1 atom stereocenters. The number of alkyl halides is 1. The third-order valence-corrected chi connectivity index (χ3v) is 7.19. The van der Waals surface area contributed by atoms with Gasteiger partial charge in [0.2, 0.25) is 6.20 Å². The molecule has 3 aromatic rings. The van der Waals surface area contributed by atoms with Gasteiger partial charge in [-0.3, -0.25) is 4.79 Å². The van der Waals surface area contributed by atoms with Crippen molar-refractivity contribution in [3.63, 3.8) is 0 Å². The van der Waals surface area contributed by atoms with Crippen LogP contribution in [-0.2, 0) is 10.2 Å². The average Bonchev–Trinajstić information content (AvgIpc) is 3.42. The van der Waals surface area contributed by atoms with Crippen molar-refractivity contribution >= 4 is 27.3 Å². The molecule has 8 nitrogen and oxygen atoms in total. The molecule has 0 spiro atoms. The lowest BCUT2D eigenvalue weighted by atomic mass is 10.0. The van der Waals surface area contributed by atoms with Gasteiger partial charge in [0.25, 0.3) is 11.4 Å². The molecule has 2 aromatic heterocycles. The summed E-state index contributed by atoms with van der Waals surface area (Å²) in [5.74, 6) is -1.90. The van der Waals surface area contributed by atoms with E-state index in [-0.39, 0.29) is 23.7 Å². The summed E-state index contributed by atoms with van der Waals surface area (Å²) in [6.45, 7) is -0.672. The molecular weight excluding hydrogens is 459 g/mol. The summed E-state index contributed by atoms with van der Waals surface area (Å²) >= 11 is 0. The van der Waals surface area contributed by atoms with E-state index in [2.05, 4.69) is 5.10 Å². The minimum absolute atomic E-state index is 0.0572. The average molecular weight is 483 g/mol. The highest BCUT2D eigenvalue weighted by Crippen LogP contribution is 2.37. The highest BCUT2D eigenvalue weighted by atomic mass is 32.2. The van der Waals surface area contributed by atoms with Crippen LogP contribution in [0.4, 0.5) is 18.9 Å². The van der Waals surface area contributed by atoms with E-state index in [1.54, 1.807) is 18.3 Å². The molecule has 1 aromatic carbocycles. The number of carbonyl (C=O) groups excluding carboxylic acids is 1. The molecular formula is C21H23F3N5O3S+. The highest BCUT2D eigenvalue weighted by molar-refractivity contribution is 7.87. The van der Waals surface area contributed by atoms with Crippen molar-refractivity contribution in [3.8, 4) is 0 Å². The highest BCUT2D eigenvalue weighted by Gasteiger charge is 2.31. The molecule has 0 saturated carbocycles. The standard InChI is InChI=1S/C21H22F3N5O3S/c1-27(10-7-22)33(31,32)26-21(30)17-13-25-29-9-6-15(12-20(17)29)28-8-2-3-19(28)16-11-14(23)4-5-18(16)24/h4-6,9,11-13,19H,2-3,7-8,10H2,1H3,(H,26,30)/p+1/t19-/m1/s1. The molecule has 0 aliphatic carbocycles. The third-order valence-electron chi connectivity index (χ3n) is 5.74. The second-order valence-corrected chi connectivity index (χ2v) is 9.57. The number of rotatable bonds is 7. The first-order chi connectivity index (χ1) is 15.7. The van der Waals surface area contributed by atoms with E-state index in [1.165, 1.54) is 16.8 Å². The Bertz CT molecular complexity index is 1300. The van der Waals surface area contributed by atoms with Gasteiger partial charge in [0.15, 0.2) is 0 Å². The molecule has 0 radical (unpaired) electrons. The number of hydrogen-bond donors (Lipinski definition) is 2. The van der Waals surface area contributed by atoms with Crippen LogP contribution in [0.3, 0.4) is 0 Å². The molecule has 12 heteroatoms. The molecule has 1 aliphatic rings. The molecule has 1 saturated heterocycles. The van der Waals surface area contributed by atoms with E-state index in [0.717, 1.165) is 25.6 Å². The molecule has 3 heterocycles. The van der Waals surface area contributed by atoms with Crippen LogP contribution in [0, 0.1) is 11.6 Å². The van der Waals surface area contributed by atoms with Gasteiger partial charge in [-0.15, -0.1) is 0 Å². The maximum absolute atomic E-state index is 14.4. The van der Waals surface area contributed by atoms with Crippen molar-refractivity contribution in [1.82, 2.24) is 14.1 Å². The van der Waals surface area contributed by atoms with Crippen molar-refractivity contribution < 1.29 is 30.9 Å². The minimum Gasteiger partial charge on any atom is -0.364 e. The van der Waals surface area contributed by atoms with Crippen molar-refractivity contribution in [2.75, 3.05) is 31.7 Å². The van der Waals surface area contributed by atoms with Gasteiger partial charge >= 0.3 is 10.2 Å². The number of pyridine rings is 1. The Morgan fingerprint density at radius 1 is 1.30 bits per heavy atom. The number of amides is 1. The zero-order valence-corrected chi connectivity index (χ0v) is 18.6. The first-order valence-electron chi connectivity index (χ1n) is 10.3. The van der Waals surface area contributed by atoms with Gasteiger partial charge in [0.05, 0.1) is 12.2 Å². The lowest BCUT2D eigenvalue weighted by molar-refractivity contribution is -0.576. The SMILES string of the molecule is CN(CCF)S(=O)(=O)NC(=O)c1c[nH][n+]2ccc(N3CCC[C@@H]3c3cc(F)ccc3F)cc12. The Hall–Kier alpha value is -3.12. The second-order valence-electron chi connectivity index (χ2n) is 7.79. The van der Waals surface area contributed by atoms with E-state index in [0.29, 0.717) is 28.5 Å². The maximum Gasteiger partial charge on any atom is 0.303 e. The van der Waals surface area contributed by atoms with Crippen molar-refractivity contribution in [3.05, 3.63) is 65.5 Å². The summed E-state index contributed by atoms with van der Waals surface area (Å²) in [5.41, 5.74) is 1.38. The van der Waals surface area contributed by atoms with Gasteiger partial charge in [-0.1, -0.05) is 4.52 Å². The normalized spacial score (nSPS) is 16.6. The van der Waals surface area contributed by atoms with E-state index in [9.17, 15) is 26.4 Å². The Morgan fingerprint density at radius 2 is 2.09 bits per heavy atom. The Kier molecular flexibility index (Phi) is 6.30. The van der Waals surface area contributed by atoms with Crippen LogP contribution in [0.1, 0.15) is 34.8 Å². The molecule has 1 aliphatic heterocycles. The Labute approximate surface area is 188 Å². The zero-order valence-electron chi connectivity index (χ0n) is 17.8. The molecule has 2 N–H and O–H groups in total. The fourth-order valence-corrected chi connectivity index (χ4v) is 4.85. The van der Waals surface area contributed by atoms with E-state index < -0.39 is 34.4 Å². The number of carbonyl (C=O) groups is 1. The van der Waals surface area contributed by atoms with E-state index >= 15 is 0 Å². The number of aromatic nitrogens is 2. The predicted octanol–water partition coefficient (Wildman–Crippen LogP) is 2.25. The molecule has 0 bridgehead atoms. The molecule has 1 amide bonds. The van der Waals surface area contributed by atoms with Crippen LogP contribution >= 0.6 is 0 Å². The Balaban J connectivity index is 1.65. The quantitative estimate of drug-likeness (QED) is 0.506. The lowest BCUT2D eigenvalue weighted by Crippen LogP contribution is -2.42. The number of benzene rings is 1. The van der Waals surface area contributed by atoms with Crippen molar-refractivity contribution in [1.29, 1.82) is 0 Å². The smallest absolute Gasteiger partial charge is 0.303 e. The molecule has 1 fully saturated rings. The maximum atomic E-state index is 14.4. The number of fused-ring (bicyclic) bond motifs is 1. The van der Waals surface area contributed by atoms with Crippen LogP contribution in [0.2, 0.25) is 0 Å². The van der Waals surface area contributed by atoms with Crippen LogP contribution in [0.15, 0.2) is 42.7 Å². The first kappa shape index (κ1) is 23.1. The van der Waals surface area contributed by atoms with Crippen molar-refractivity contribution in [2.24, 2.45) is 0 Å². The van der Waals surface area contributed by atoms with Gasteiger partial charge in [0, 0.05) is 43.5 Å². The summed E-state index contributed by atoms with van der Waals surface area (Å²) in [6.07, 6.45) is 4.41. The van der Waals surface area contributed by atoms with Gasteiger partial charge < -0.3 is 4.90 Å². The van der Waals surface area contributed by atoms with Crippen molar-refractivity contribution in [2.45, 2.75) is 18.9 Å². The zero-order chi connectivity index (χ0) is 23.8. The predicted molar refractivity (Wildman–Crippen MR) is 115 cm³/mol. The summed E-state index contributed by atoms with van der Waals surface area (Å²) in [5, 5.41) is 2.85. The van der Waals surface area contributed by atoms with Gasteiger partial charge in [-0.2, -0.15) is 17.8 Å². The number of nitrogens with zero attached hydrogens (tertiary/aromatic N) is 3. The minimum atomic E-state index is -4.21. The number of aromatic amines is 1. The molecule has 33 heavy (non-hydrogen) atoms. The summed E-state index contributed by atoms with van der Waals surface area (Å²) in [7, 11) is -3.05. The topological polar surface area (TPSA) is 89.6 Å². The molecule has 176 valence electrons. The van der Waals surface area contributed by atoms with Gasteiger partial charge in [-0.05, 0) is 31.0 Å². The number of hydrogen-bond acceptors (Lipinski definition) is 4. The van der Waals surface area contributed by atoms with Crippen LogP contribution in [-0.4, -0.2) is 50.5 Å². The summed E-state index contributed by atoms with van der Waals surface area (Å²) < 4.78 is 69.3. The third kappa shape index (κ3) is 4.53. The first-order valence-corrected chi connectivity index (χ1v) is 11.7. The lowest BCUT2D eigenvalue weighted by Gasteiger charge is -2.27. The number of anilines is 1. The molecule has 4 rings (SSSR count). The summed E-state index contributed by atoms with van der Waals surface area (Å²) in [6, 6.07) is 6.44. The van der Waals surface area contributed by atoms with Gasteiger partial charge in [-0.25, -0.2) is 17.9 Å². The van der Waals surface area contributed by atoms with Gasteiger partial charge in [0.1, 0.15) is 23.9 Å². The number of nitrogens with one attached hydrogen (secondary N) is 2. The number of H-pyrrole nitrogens is 1.